The number of aldehydes is 1. The van der Waals surface area contributed by atoms with E-state index >= 15 is 0 Å². The van der Waals surface area contributed by atoms with Gasteiger partial charge in [-0.2, -0.15) is 0 Å². The number of rotatable bonds is 1. The topological polar surface area (TPSA) is 17.1 Å². The van der Waals surface area contributed by atoms with Crippen LogP contribution in [0.2, 0.25) is 0 Å². The molecule has 1 heteroatoms. The zero-order chi connectivity index (χ0) is 9.26. The maximum Gasteiger partial charge on any atom is 0.123 e. The molecule has 0 aromatic heterocycles. The fraction of sp³-hybridized carbons (Fsp3) is 0.417. The van der Waals surface area contributed by atoms with Crippen LogP contribution in [0.3, 0.4) is 0 Å². The highest BCUT2D eigenvalue weighted by Gasteiger charge is 2.17. The van der Waals surface area contributed by atoms with Crippen LogP contribution in [0, 0.1) is 12.8 Å². The van der Waals surface area contributed by atoms with Crippen LogP contribution in [-0.2, 0) is 17.6 Å². The predicted octanol–water partition coefficient (Wildman–Crippen LogP) is 2.30. The van der Waals surface area contributed by atoms with Crippen LogP contribution in [0.25, 0.3) is 0 Å². The Morgan fingerprint density at radius 2 is 2.23 bits per heavy atom. The number of hydrogen-bond acceptors (Lipinski definition) is 1. The number of fused-ring (bicyclic) bond motifs is 1. The molecule has 0 saturated carbocycles. The summed E-state index contributed by atoms with van der Waals surface area (Å²) >= 11 is 0. The predicted molar refractivity (Wildman–Crippen MR) is 52.8 cm³/mol. The van der Waals surface area contributed by atoms with Gasteiger partial charge in [0.2, 0.25) is 0 Å². The molecule has 0 saturated heterocycles. The van der Waals surface area contributed by atoms with Crippen molar-refractivity contribution in [2.24, 2.45) is 5.92 Å². The van der Waals surface area contributed by atoms with E-state index in [1.807, 2.05) is 0 Å². The molecule has 1 aromatic carbocycles. The minimum absolute atomic E-state index is 0.259. The standard InChI is InChI=1S/C12H14O/c1-9-2-4-11-5-3-10(8-13)7-12(11)6-9/h2,4,6,8,10H,3,5,7H2,1H3/t10-/m1/s1. The first-order valence-electron chi connectivity index (χ1n) is 4.83. The summed E-state index contributed by atoms with van der Waals surface area (Å²) in [5.74, 6) is 0.259. The Bertz CT molecular complexity index is 328. The zero-order valence-electron chi connectivity index (χ0n) is 7.92. The largest absolute Gasteiger partial charge is 0.303 e. The highest BCUT2D eigenvalue weighted by molar-refractivity contribution is 5.56. The van der Waals surface area contributed by atoms with E-state index in [0.717, 1.165) is 25.5 Å². The van der Waals surface area contributed by atoms with Crippen molar-refractivity contribution < 1.29 is 4.79 Å². The monoisotopic (exact) mass is 174 g/mol. The Hall–Kier alpha value is -1.11. The summed E-state index contributed by atoms with van der Waals surface area (Å²) < 4.78 is 0. The second-order valence-electron chi connectivity index (χ2n) is 3.91. The average Bonchev–Trinajstić information content (AvgIpc) is 2.16. The lowest BCUT2D eigenvalue weighted by Crippen LogP contribution is -2.15. The summed E-state index contributed by atoms with van der Waals surface area (Å²) in [7, 11) is 0. The van der Waals surface area contributed by atoms with Gasteiger partial charge in [0, 0.05) is 5.92 Å². The van der Waals surface area contributed by atoms with Crippen molar-refractivity contribution in [3.8, 4) is 0 Å². The van der Waals surface area contributed by atoms with Gasteiger partial charge < -0.3 is 4.79 Å². The van der Waals surface area contributed by atoms with E-state index in [0.29, 0.717) is 0 Å². The summed E-state index contributed by atoms with van der Waals surface area (Å²) in [5.41, 5.74) is 4.11. The fourth-order valence-corrected chi connectivity index (χ4v) is 2.03. The number of aryl methyl sites for hydroxylation is 2. The van der Waals surface area contributed by atoms with Crippen molar-refractivity contribution in [3.63, 3.8) is 0 Å². The zero-order valence-corrected chi connectivity index (χ0v) is 7.92. The number of benzene rings is 1. The maximum absolute atomic E-state index is 10.7. The summed E-state index contributed by atoms with van der Waals surface area (Å²) in [6.45, 7) is 2.10. The maximum atomic E-state index is 10.7. The van der Waals surface area contributed by atoms with E-state index in [1.54, 1.807) is 0 Å². The van der Waals surface area contributed by atoms with Gasteiger partial charge in [-0.25, -0.2) is 0 Å². The van der Waals surface area contributed by atoms with Crippen LogP contribution in [0.4, 0.5) is 0 Å². The Kier molecular flexibility index (Phi) is 2.17. The van der Waals surface area contributed by atoms with E-state index in [1.165, 1.54) is 16.7 Å². The lowest BCUT2D eigenvalue weighted by atomic mass is 9.84. The third-order valence-electron chi connectivity index (χ3n) is 2.82. The van der Waals surface area contributed by atoms with E-state index in [4.69, 9.17) is 0 Å². The molecule has 1 aromatic rings. The quantitative estimate of drug-likeness (QED) is 0.597. The molecule has 1 atom stereocenters. The molecule has 0 heterocycles. The molecule has 0 N–H and O–H groups in total. The SMILES string of the molecule is Cc1ccc2c(c1)C[C@H](C=O)CC2. The van der Waals surface area contributed by atoms with Crippen LogP contribution in [0.1, 0.15) is 23.1 Å². The second kappa shape index (κ2) is 3.33. The van der Waals surface area contributed by atoms with E-state index in [9.17, 15) is 4.79 Å². The van der Waals surface area contributed by atoms with Gasteiger partial charge in [-0.3, -0.25) is 0 Å². The summed E-state index contributed by atoms with van der Waals surface area (Å²) in [6, 6.07) is 6.57. The number of carbonyl (C=O) groups is 1. The summed E-state index contributed by atoms with van der Waals surface area (Å²) in [4.78, 5) is 10.7. The lowest BCUT2D eigenvalue weighted by Gasteiger charge is -2.20. The van der Waals surface area contributed by atoms with Gasteiger partial charge in [-0.1, -0.05) is 23.8 Å². The first-order valence-corrected chi connectivity index (χ1v) is 4.83. The van der Waals surface area contributed by atoms with Crippen LogP contribution in [-0.4, -0.2) is 6.29 Å². The van der Waals surface area contributed by atoms with Crippen LogP contribution < -0.4 is 0 Å². The van der Waals surface area contributed by atoms with E-state index < -0.39 is 0 Å². The minimum Gasteiger partial charge on any atom is -0.303 e. The molecule has 68 valence electrons. The molecule has 1 nitrogen and oxygen atoms in total. The third-order valence-corrected chi connectivity index (χ3v) is 2.82. The van der Waals surface area contributed by atoms with Gasteiger partial charge in [-0.15, -0.1) is 0 Å². The Labute approximate surface area is 78.8 Å². The van der Waals surface area contributed by atoms with Crippen molar-refractivity contribution in [1.29, 1.82) is 0 Å². The molecule has 0 amide bonds. The van der Waals surface area contributed by atoms with E-state index in [-0.39, 0.29) is 5.92 Å². The van der Waals surface area contributed by atoms with Gasteiger partial charge in [0.25, 0.3) is 0 Å². The van der Waals surface area contributed by atoms with Crippen molar-refractivity contribution in [1.82, 2.24) is 0 Å². The molecule has 0 radical (unpaired) electrons. The number of carbonyl (C=O) groups excluding carboxylic acids is 1. The van der Waals surface area contributed by atoms with Crippen LogP contribution >= 0.6 is 0 Å². The Balaban J connectivity index is 2.32. The van der Waals surface area contributed by atoms with Crippen molar-refractivity contribution >= 4 is 6.29 Å². The summed E-state index contributed by atoms with van der Waals surface area (Å²) in [5, 5.41) is 0. The Morgan fingerprint density at radius 1 is 1.38 bits per heavy atom. The molecule has 0 fully saturated rings. The van der Waals surface area contributed by atoms with Crippen molar-refractivity contribution in [3.05, 3.63) is 34.9 Å². The van der Waals surface area contributed by atoms with E-state index in [2.05, 4.69) is 25.1 Å². The van der Waals surface area contributed by atoms with Crippen molar-refractivity contribution in [2.75, 3.05) is 0 Å². The van der Waals surface area contributed by atoms with Gasteiger partial charge in [0.15, 0.2) is 0 Å². The highest BCUT2D eigenvalue weighted by atomic mass is 16.1. The van der Waals surface area contributed by atoms with Crippen molar-refractivity contribution in [2.45, 2.75) is 26.2 Å². The smallest absolute Gasteiger partial charge is 0.123 e. The van der Waals surface area contributed by atoms with Crippen LogP contribution in [0.5, 0.6) is 0 Å². The first kappa shape index (κ1) is 8.49. The summed E-state index contributed by atoms with van der Waals surface area (Å²) in [6.07, 6.45) is 4.14. The molecule has 1 aliphatic rings. The lowest BCUT2D eigenvalue weighted by molar-refractivity contribution is -0.111. The highest BCUT2D eigenvalue weighted by Crippen LogP contribution is 2.24. The minimum atomic E-state index is 0.259. The normalized spacial score (nSPS) is 20.8. The van der Waals surface area contributed by atoms with Crippen LogP contribution in [0.15, 0.2) is 18.2 Å². The van der Waals surface area contributed by atoms with Gasteiger partial charge in [-0.05, 0) is 37.3 Å². The molecule has 0 aliphatic heterocycles. The molecule has 2 rings (SSSR count). The molecule has 0 bridgehead atoms. The van der Waals surface area contributed by atoms with Gasteiger partial charge >= 0.3 is 0 Å². The Morgan fingerprint density at radius 3 is 3.00 bits per heavy atom. The molecular formula is C12H14O. The first-order chi connectivity index (χ1) is 6.29. The molecule has 0 spiro atoms. The molecule has 13 heavy (non-hydrogen) atoms. The van der Waals surface area contributed by atoms with Gasteiger partial charge in [0.05, 0.1) is 0 Å². The third kappa shape index (κ3) is 1.64. The molecule has 1 aliphatic carbocycles. The van der Waals surface area contributed by atoms with Gasteiger partial charge in [0.1, 0.15) is 6.29 Å². The fourth-order valence-electron chi connectivity index (χ4n) is 2.03. The molecular weight excluding hydrogens is 160 g/mol. The second-order valence-corrected chi connectivity index (χ2v) is 3.91. The average molecular weight is 174 g/mol. The number of hydrogen-bond donors (Lipinski definition) is 0. The molecule has 0 unspecified atom stereocenters.